The summed E-state index contributed by atoms with van der Waals surface area (Å²) < 4.78 is 0. The van der Waals surface area contributed by atoms with Gasteiger partial charge in [0.15, 0.2) is 0 Å². The van der Waals surface area contributed by atoms with Crippen molar-refractivity contribution >= 4 is 5.82 Å². The smallest absolute Gasteiger partial charge is 0.136 e. The fourth-order valence-corrected chi connectivity index (χ4v) is 1.59. The molecule has 0 aliphatic carbocycles. The van der Waals surface area contributed by atoms with Gasteiger partial charge in [-0.25, -0.2) is 9.97 Å². The fourth-order valence-electron chi connectivity index (χ4n) is 1.59. The first kappa shape index (κ1) is 10.8. The van der Waals surface area contributed by atoms with Crippen LogP contribution in [-0.4, -0.2) is 30.1 Å². The van der Waals surface area contributed by atoms with Crippen LogP contribution in [0.3, 0.4) is 0 Å². The van der Waals surface area contributed by atoms with Gasteiger partial charge in [0.25, 0.3) is 0 Å². The molecular formula is C9H15FN4. The molecule has 0 amide bonds. The summed E-state index contributed by atoms with van der Waals surface area (Å²) in [6.45, 7) is 4.92. The highest BCUT2D eigenvalue weighted by molar-refractivity contribution is 5.48. The number of hydrogen-bond acceptors (Lipinski definition) is 4. The lowest BCUT2D eigenvalue weighted by molar-refractivity contribution is 0.704. The van der Waals surface area contributed by atoms with E-state index in [2.05, 4.69) is 27.2 Å². The molecule has 0 fully saturated rings. The molecule has 0 bridgehead atoms. The number of hydrogen-bond donors (Lipinski definition) is 1. The zero-order valence-electron chi connectivity index (χ0n) is 8.45. The van der Waals surface area contributed by atoms with E-state index in [4.69, 9.17) is 0 Å². The van der Waals surface area contributed by atoms with Gasteiger partial charge in [0.05, 0.1) is 0 Å². The number of rotatable bonds is 0. The minimum Gasteiger partial charge on any atom is -0.358 e. The Hall–Kier alpha value is -1.23. The summed E-state index contributed by atoms with van der Waals surface area (Å²) in [5.41, 5.74) is 2.30. The average molecular weight is 198 g/mol. The van der Waals surface area contributed by atoms with Crippen LogP contribution in [0.2, 0.25) is 0 Å². The number of anilines is 1. The molecule has 1 aromatic heterocycles. The van der Waals surface area contributed by atoms with E-state index in [0.29, 0.717) is 0 Å². The van der Waals surface area contributed by atoms with Gasteiger partial charge >= 0.3 is 0 Å². The minimum atomic E-state index is 0. The van der Waals surface area contributed by atoms with E-state index < -0.39 is 0 Å². The lowest BCUT2D eigenvalue weighted by Crippen LogP contribution is -2.25. The number of nitrogens with one attached hydrogen (secondary N) is 1. The summed E-state index contributed by atoms with van der Waals surface area (Å²) in [5, 5.41) is 3.35. The van der Waals surface area contributed by atoms with Crippen molar-refractivity contribution in [1.82, 2.24) is 15.3 Å². The van der Waals surface area contributed by atoms with Crippen LogP contribution < -0.4 is 10.2 Å². The van der Waals surface area contributed by atoms with Crippen LogP contribution in [0.4, 0.5) is 10.5 Å². The van der Waals surface area contributed by atoms with Crippen LogP contribution in [0, 0.1) is 6.92 Å². The second-order valence-electron chi connectivity index (χ2n) is 3.36. The van der Waals surface area contributed by atoms with Crippen molar-refractivity contribution in [3.05, 3.63) is 17.6 Å². The first-order valence-electron chi connectivity index (χ1n) is 4.51. The second kappa shape index (κ2) is 4.32. The topological polar surface area (TPSA) is 41.1 Å². The monoisotopic (exact) mass is 198 g/mol. The first-order valence-corrected chi connectivity index (χ1v) is 4.51. The average Bonchev–Trinajstić information content (AvgIpc) is 2.30. The molecule has 0 aromatic carbocycles. The van der Waals surface area contributed by atoms with E-state index in [0.717, 1.165) is 31.1 Å². The van der Waals surface area contributed by atoms with Crippen LogP contribution in [-0.2, 0) is 6.54 Å². The zero-order chi connectivity index (χ0) is 9.26. The number of fused-ring (bicyclic) bond motifs is 1. The van der Waals surface area contributed by atoms with Gasteiger partial charge in [-0.05, 0) is 6.92 Å². The maximum Gasteiger partial charge on any atom is 0.136 e. The van der Waals surface area contributed by atoms with Gasteiger partial charge in [0.1, 0.15) is 12.1 Å². The van der Waals surface area contributed by atoms with Crippen LogP contribution in [0.5, 0.6) is 0 Å². The maximum absolute atomic E-state index is 4.30. The minimum absolute atomic E-state index is 0. The molecule has 2 rings (SSSR count). The van der Waals surface area contributed by atoms with Gasteiger partial charge in [-0.2, -0.15) is 0 Å². The van der Waals surface area contributed by atoms with Crippen molar-refractivity contribution in [2.75, 3.05) is 25.0 Å². The van der Waals surface area contributed by atoms with E-state index in [-0.39, 0.29) is 4.70 Å². The van der Waals surface area contributed by atoms with Crippen molar-refractivity contribution in [2.45, 2.75) is 13.5 Å². The highest BCUT2D eigenvalue weighted by Crippen LogP contribution is 2.19. The summed E-state index contributed by atoms with van der Waals surface area (Å²) in [7, 11) is 2.07. The maximum atomic E-state index is 4.30. The van der Waals surface area contributed by atoms with Crippen molar-refractivity contribution in [3.63, 3.8) is 0 Å². The number of aryl methyl sites for hydroxylation is 1. The number of halogens is 1. The molecule has 0 saturated carbocycles. The van der Waals surface area contributed by atoms with E-state index >= 15 is 0 Å². The van der Waals surface area contributed by atoms with Gasteiger partial charge < -0.3 is 10.2 Å². The summed E-state index contributed by atoms with van der Waals surface area (Å²) in [6.07, 6.45) is 1.63. The molecule has 1 N–H and O–H groups in total. The summed E-state index contributed by atoms with van der Waals surface area (Å²) >= 11 is 0. The van der Waals surface area contributed by atoms with Gasteiger partial charge in [-0.15, -0.1) is 0 Å². The second-order valence-corrected chi connectivity index (χ2v) is 3.36. The molecule has 0 atom stereocenters. The number of aromatic nitrogens is 2. The summed E-state index contributed by atoms with van der Waals surface area (Å²) in [6, 6.07) is 0. The fraction of sp³-hybridized carbons (Fsp3) is 0.556. The Morgan fingerprint density at radius 1 is 1.43 bits per heavy atom. The molecule has 78 valence electrons. The lowest BCUT2D eigenvalue weighted by atomic mass is 10.2. The third-order valence-corrected chi connectivity index (χ3v) is 2.43. The molecule has 0 spiro atoms. The molecule has 0 saturated heterocycles. The predicted molar refractivity (Wildman–Crippen MR) is 54.2 cm³/mol. The predicted octanol–water partition coefficient (Wildman–Crippen LogP) is 0.477. The van der Waals surface area contributed by atoms with E-state index in [1.165, 1.54) is 5.56 Å². The SMILES string of the molecule is Cc1ncnc2c1CNCCN2C.F. The summed E-state index contributed by atoms with van der Waals surface area (Å²) in [4.78, 5) is 10.7. The van der Waals surface area contributed by atoms with Gasteiger partial charge in [0, 0.05) is 37.9 Å². The molecule has 1 aliphatic rings. The largest absolute Gasteiger partial charge is 0.358 e. The first-order chi connectivity index (χ1) is 6.29. The van der Waals surface area contributed by atoms with Crippen molar-refractivity contribution in [3.8, 4) is 0 Å². The highest BCUT2D eigenvalue weighted by Gasteiger charge is 2.14. The third-order valence-electron chi connectivity index (χ3n) is 2.43. The van der Waals surface area contributed by atoms with Crippen molar-refractivity contribution in [2.24, 2.45) is 0 Å². The van der Waals surface area contributed by atoms with Crippen LogP contribution >= 0.6 is 0 Å². The Labute approximate surface area is 82.7 Å². The Kier molecular flexibility index (Phi) is 3.35. The van der Waals surface area contributed by atoms with Gasteiger partial charge in [-0.1, -0.05) is 0 Å². The standard InChI is InChI=1S/C9H14N4.FH/c1-7-8-5-10-3-4-13(2)9(8)12-6-11-7;/h6,10H,3-5H2,1-2H3;1H. The Bertz CT molecular complexity index is 316. The van der Waals surface area contributed by atoms with Crippen LogP contribution in [0.25, 0.3) is 0 Å². The molecule has 5 heteroatoms. The third kappa shape index (κ3) is 1.82. The zero-order valence-corrected chi connectivity index (χ0v) is 8.45. The van der Waals surface area contributed by atoms with E-state index in [1.54, 1.807) is 6.33 Å². The van der Waals surface area contributed by atoms with Gasteiger partial charge in [0.2, 0.25) is 0 Å². The molecule has 0 unspecified atom stereocenters. The van der Waals surface area contributed by atoms with Gasteiger partial charge in [-0.3, -0.25) is 4.70 Å². The van der Waals surface area contributed by atoms with E-state index in [1.807, 2.05) is 6.92 Å². The molecule has 1 aromatic rings. The Morgan fingerprint density at radius 2 is 2.21 bits per heavy atom. The normalized spacial score (nSPS) is 15.4. The highest BCUT2D eigenvalue weighted by atomic mass is 19.0. The van der Waals surface area contributed by atoms with Crippen LogP contribution in [0.15, 0.2) is 6.33 Å². The van der Waals surface area contributed by atoms with Crippen LogP contribution in [0.1, 0.15) is 11.3 Å². The molecule has 14 heavy (non-hydrogen) atoms. The van der Waals surface area contributed by atoms with E-state index in [9.17, 15) is 0 Å². The molecule has 0 radical (unpaired) electrons. The Morgan fingerprint density at radius 3 is 3.00 bits per heavy atom. The number of nitrogens with zero attached hydrogens (tertiary/aromatic N) is 3. The quantitative estimate of drug-likeness (QED) is 0.658. The number of likely N-dealkylation sites (N-methyl/N-ethyl adjacent to an activating group) is 1. The molecule has 4 nitrogen and oxygen atoms in total. The molecule has 1 aliphatic heterocycles. The van der Waals surface area contributed by atoms with Crippen molar-refractivity contribution in [1.29, 1.82) is 0 Å². The molecule has 2 heterocycles. The Balaban J connectivity index is 0.000000980. The summed E-state index contributed by atoms with van der Waals surface area (Å²) in [5.74, 6) is 1.07. The lowest BCUT2D eigenvalue weighted by Gasteiger charge is -2.17. The van der Waals surface area contributed by atoms with Crippen molar-refractivity contribution < 1.29 is 4.70 Å². The molecular weight excluding hydrogens is 183 g/mol.